The van der Waals surface area contributed by atoms with E-state index in [4.69, 9.17) is 9.47 Å². The van der Waals surface area contributed by atoms with E-state index in [2.05, 4.69) is 0 Å². The lowest BCUT2D eigenvalue weighted by Gasteiger charge is -2.40. The fourth-order valence-electron chi connectivity index (χ4n) is 1.81. The molecule has 5 heteroatoms. The van der Waals surface area contributed by atoms with Crippen LogP contribution in [0.5, 0.6) is 11.5 Å². The van der Waals surface area contributed by atoms with Gasteiger partial charge in [-0.2, -0.15) is 0 Å². The molecule has 1 unspecified atom stereocenters. The molecule has 1 atom stereocenters. The van der Waals surface area contributed by atoms with E-state index in [1.165, 1.54) is 0 Å². The molecule has 1 aromatic rings. The largest absolute Gasteiger partial charge is 0.479 e. The number of hydrogen-bond acceptors (Lipinski definition) is 2. The summed E-state index contributed by atoms with van der Waals surface area (Å²) >= 11 is 0. The van der Waals surface area contributed by atoms with Crippen molar-refractivity contribution in [2.45, 2.75) is 18.6 Å². The second kappa shape index (κ2) is 4.47. The molecule has 17 heavy (non-hydrogen) atoms. The summed E-state index contributed by atoms with van der Waals surface area (Å²) in [7, 11) is 0. The minimum absolute atomic E-state index is 0.285. The predicted molar refractivity (Wildman–Crippen MR) is 56.9 cm³/mol. The van der Waals surface area contributed by atoms with Gasteiger partial charge >= 0.3 is 0 Å². The van der Waals surface area contributed by atoms with E-state index in [1.54, 1.807) is 25.1 Å². The first-order valence-corrected chi connectivity index (χ1v) is 5.30. The highest BCUT2D eigenvalue weighted by molar-refractivity contribution is 5.48. The summed E-state index contributed by atoms with van der Waals surface area (Å²) in [5.41, 5.74) is -1.17. The second-order valence-electron chi connectivity index (χ2n) is 4.10. The Kier molecular flexibility index (Phi) is 3.17. The van der Waals surface area contributed by atoms with E-state index in [0.717, 1.165) is 0 Å². The van der Waals surface area contributed by atoms with E-state index < -0.39 is 31.7 Å². The number of fused-ring (bicyclic) bond motifs is 1. The topological polar surface area (TPSA) is 18.5 Å². The van der Waals surface area contributed by atoms with Crippen molar-refractivity contribution in [3.63, 3.8) is 0 Å². The smallest absolute Gasteiger partial charge is 0.204 e. The summed E-state index contributed by atoms with van der Waals surface area (Å²) in [6, 6.07) is 5.04. The highest BCUT2D eigenvalue weighted by atomic mass is 19.1. The van der Waals surface area contributed by atoms with E-state index in [-0.39, 0.29) is 5.75 Å². The Morgan fingerprint density at radius 1 is 1.24 bits per heavy atom. The molecule has 0 fully saturated rings. The molecule has 2 nitrogen and oxygen atoms in total. The van der Waals surface area contributed by atoms with Gasteiger partial charge in [0, 0.05) is 0 Å². The van der Waals surface area contributed by atoms with Crippen LogP contribution in [0.1, 0.15) is 5.56 Å². The second-order valence-corrected chi connectivity index (χ2v) is 4.10. The lowest BCUT2D eigenvalue weighted by Crippen LogP contribution is -2.57. The van der Waals surface area contributed by atoms with Crippen molar-refractivity contribution >= 4 is 0 Å². The monoisotopic (exact) mass is 246 g/mol. The molecule has 0 amide bonds. The maximum atomic E-state index is 13.0. The first-order chi connectivity index (χ1) is 8.16. The van der Waals surface area contributed by atoms with Gasteiger partial charge in [-0.1, -0.05) is 12.1 Å². The molecular formula is C12H13F3O2. The number of rotatable bonds is 3. The summed E-state index contributed by atoms with van der Waals surface area (Å²) in [6.07, 6.45) is -1.26. The van der Waals surface area contributed by atoms with Crippen LogP contribution in [0.25, 0.3) is 0 Å². The maximum absolute atomic E-state index is 13.0. The fourth-order valence-corrected chi connectivity index (χ4v) is 1.81. The SMILES string of the molecule is Cc1cccc2c1OC(CF)(CF)C(CF)O2. The minimum atomic E-state index is -1.87. The van der Waals surface area contributed by atoms with Crippen molar-refractivity contribution in [1.29, 1.82) is 0 Å². The molecule has 1 aliphatic rings. The van der Waals surface area contributed by atoms with Crippen LogP contribution in [0, 0.1) is 6.92 Å². The Hall–Kier alpha value is -1.39. The molecule has 0 aliphatic carbocycles. The summed E-state index contributed by atoms with van der Waals surface area (Å²) in [4.78, 5) is 0. The van der Waals surface area contributed by atoms with E-state index in [0.29, 0.717) is 11.3 Å². The van der Waals surface area contributed by atoms with Gasteiger partial charge in [-0.25, -0.2) is 13.2 Å². The molecule has 0 bridgehead atoms. The van der Waals surface area contributed by atoms with Crippen LogP contribution in [0.3, 0.4) is 0 Å². The van der Waals surface area contributed by atoms with Crippen molar-refractivity contribution in [1.82, 2.24) is 0 Å². The predicted octanol–water partition coefficient (Wildman–Crippen LogP) is 2.78. The fraction of sp³-hybridized carbons (Fsp3) is 0.500. The number of halogens is 3. The van der Waals surface area contributed by atoms with Crippen molar-refractivity contribution in [2.24, 2.45) is 0 Å². The quantitative estimate of drug-likeness (QED) is 0.816. The molecule has 1 aliphatic heterocycles. The van der Waals surface area contributed by atoms with Crippen molar-refractivity contribution < 1.29 is 22.6 Å². The zero-order chi connectivity index (χ0) is 12.5. The number of hydrogen-bond donors (Lipinski definition) is 0. The number of ether oxygens (including phenoxy) is 2. The van der Waals surface area contributed by atoms with Gasteiger partial charge in [0.25, 0.3) is 0 Å². The lowest BCUT2D eigenvalue weighted by molar-refractivity contribution is -0.0997. The van der Waals surface area contributed by atoms with Gasteiger partial charge in [-0.15, -0.1) is 0 Å². The zero-order valence-corrected chi connectivity index (χ0v) is 9.38. The number of benzene rings is 1. The van der Waals surface area contributed by atoms with Crippen LogP contribution in [-0.4, -0.2) is 31.7 Å². The first-order valence-electron chi connectivity index (χ1n) is 5.30. The van der Waals surface area contributed by atoms with E-state index in [1.807, 2.05) is 0 Å². The number of alkyl halides is 3. The third kappa shape index (κ3) is 1.83. The van der Waals surface area contributed by atoms with E-state index in [9.17, 15) is 13.2 Å². The summed E-state index contributed by atoms with van der Waals surface area (Å²) in [5, 5.41) is 0. The van der Waals surface area contributed by atoms with Crippen molar-refractivity contribution in [2.75, 3.05) is 20.0 Å². The van der Waals surface area contributed by atoms with Crippen LogP contribution < -0.4 is 9.47 Å². The molecule has 0 spiro atoms. The summed E-state index contributed by atoms with van der Waals surface area (Å²) in [6.45, 7) is -1.53. The van der Waals surface area contributed by atoms with E-state index >= 15 is 0 Å². The number of aryl methyl sites for hydroxylation is 1. The minimum Gasteiger partial charge on any atom is -0.479 e. The summed E-state index contributed by atoms with van der Waals surface area (Å²) in [5.74, 6) is 0.609. The van der Waals surface area contributed by atoms with Gasteiger partial charge in [-0.3, -0.25) is 0 Å². The summed E-state index contributed by atoms with van der Waals surface area (Å²) < 4.78 is 49.4. The van der Waals surface area contributed by atoms with Gasteiger partial charge in [0.1, 0.15) is 20.0 Å². The highest BCUT2D eigenvalue weighted by Crippen LogP contribution is 2.41. The lowest BCUT2D eigenvalue weighted by atomic mass is 9.98. The Morgan fingerprint density at radius 3 is 2.53 bits per heavy atom. The van der Waals surface area contributed by atoms with Gasteiger partial charge in [0.15, 0.2) is 17.6 Å². The molecule has 2 rings (SSSR count). The molecule has 1 heterocycles. The molecule has 0 saturated carbocycles. The normalized spacial score (nSPS) is 21.3. The van der Waals surface area contributed by atoms with Crippen LogP contribution in [0.2, 0.25) is 0 Å². The van der Waals surface area contributed by atoms with Crippen LogP contribution in [0.15, 0.2) is 18.2 Å². The van der Waals surface area contributed by atoms with Gasteiger partial charge < -0.3 is 9.47 Å². The molecule has 1 aromatic carbocycles. The average Bonchev–Trinajstić information content (AvgIpc) is 2.38. The molecular weight excluding hydrogens is 233 g/mol. The van der Waals surface area contributed by atoms with Gasteiger partial charge in [-0.05, 0) is 18.6 Å². The van der Waals surface area contributed by atoms with Crippen LogP contribution in [-0.2, 0) is 0 Å². The molecule has 0 N–H and O–H groups in total. The average molecular weight is 246 g/mol. The molecule has 94 valence electrons. The third-order valence-corrected chi connectivity index (χ3v) is 2.93. The van der Waals surface area contributed by atoms with Crippen molar-refractivity contribution in [3.05, 3.63) is 23.8 Å². The maximum Gasteiger partial charge on any atom is 0.204 e. The van der Waals surface area contributed by atoms with Gasteiger partial charge in [0.05, 0.1) is 0 Å². The molecule has 0 aromatic heterocycles. The van der Waals surface area contributed by atoms with Crippen LogP contribution in [0.4, 0.5) is 13.2 Å². The highest BCUT2D eigenvalue weighted by Gasteiger charge is 2.48. The Morgan fingerprint density at radius 2 is 1.94 bits per heavy atom. The van der Waals surface area contributed by atoms with Gasteiger partial charge in [0.2, 0.25) is 5.60 Å². The van der Waals surface area contributed by atoms with Crippen LogP contribution >= 0.6 is 0 Å². The Labute approximate surface area is 97.3 Å². The van der Waals surface area contributed by atoms with Crippen molar-refractivity contribution in [3.8, 4) is 11.5 Å². The Bertz CT molecular complexity index is 405. The standard InChI is InChI=1S/C12H13F3O2/c1-8-3-2-4-9-11(8)17-12(6-14,7-15)10(5-13)16-9/h2-4,10H,5-7H2,1H3. The molecule has 0 saturated heterocycles. The first kappa shape index (κ1) is 12.1. The number of para-hydroxylation sites is 1. The Balaban J connectivity index is 2.44. The third-order valence-electron chi connectivity index (χ3n) is 2.93. The zero-order valence-electron chi connectivity index (χ0n) is 9.38. The molecule has 0 radical (unpaired) electrons.